The van der Waals surface area contributed by atoms with Crippen molar-refractivity contribution in [2.45, 2.75) is 39.3 Å². The molecule has 1 aromatic rings. The van der Waals surface area contributed by atoms with E-state index in [4.69, 9.17) is 5.11 Å². The van der Waals surface area contributed by atoms with E-state index in [0.29, 0.717) is 6.54 Å². The van der Waals surface area contributed by atoms with Crippen LogP contribution in [-0.4, -0.2) is 24.1 Å². The summed E-state index contributed by atoms with van der Waals surface area (Å²) in [6.45, 7) is 4.55. The predicted molar refractivity (Wildman–Crippen MR) is 79.0 cm³/mol. The number of nitrogens with one attached hydrogen (secondary N) is 2. The molecule has 1 aliphatic heterocycles. The van der Waals surface area contributed by atoms with E-state index in [1.807, 2.05) is 24.3 Å². The Bertz CT molecular complexity index is 436. The molecule has 1 aromatic carbocycles. The van der Waals surface area contributed by atoms with E-state index in [1.54, 1.807) is 0 Å². The Balaban J connectivity index is 1.93. The Kier molecular flexibility index (Phi) is 5.15. The normalized spacial score (nSPS) is 17.7. The van der Waals surface area contributed by atoms with Gasteiger partial charge >= 0.3 is 0 Å². The lowest BCUT2D eigenvalue weighted by atomic mass is 9.76. The summed E-state index contributed by atoms with van der Waals surface area (Å²) in [5, 5.41) is 15.4. The molecule has 2 rings (SSSR count). The number of amides is 1. The predicted octanol–water partition coefficient (Wildman–Crippen LogP) is 1.57. The third-order valence-electron chi connectivity index (χ3n) is 4.38. The topological polar surface area (TPSA) is 61.4 Å². The van der Waals surface area contributed by atoms with E-state index in [-0.39, 0.29) is 17.9 Å². The lowest BCUT2D eigenvalue weighted by Crippen LogP contribution is -2.47. The largest absolute Gasteiger partial charge is 0.392 e. The molecule has 0 aromatic heterocycles. The SMILES string of the molecule is CCC1(C(=O)NCc2ccc(CO)cc2)CCNCC1. The molecule has 3 N–H and O–H groups in total. The van der Waals surface area contributed by atoms with Gasteiger partial charge in [0.1, 0.15) is 0 Å². The van der Waals surface area contributed by atoms with Crippen LogP contribution >= 0.6 is 0 Å². The van der Waals surface area contributed by atoms with E-state index < -0.39 is 0 Å². The molecule has 0 bridgehead atoms. The Morgan fingerprint density at radius 3 is 2.40 bits per heavy atom. The van der Waals surface area contributed by atoms with Gasteiger partial charge in [-0.25, -0.2) is 0 Å². The molecule has 0 saturated carbocycles. The summed E-state index contributed by atoms with van der Waals surface area (Å²) < 4.78 is 0. The number of hydrogen-bond acceptors (Lipinski definition) is 3. The van der Waals surface area contributed by atoms with Crippen molar-refractivity contribution in [2.24, 2.45) is 5.41 Å². The van der Waals surface area contributed by atoms with Crippen LogP contribution in [0.15, 0.2) is 24.3 Å². The van der Waals surface area contributed by atoms with Crippen LogP contribution in [0.25, 0.3) is 0 Å². The monoisotopic (exact) mass is 276 g/mol. The van der Waals surface area contributed by atoms with E-state index in [2.05, 4.69) is 17.6 Å². The smallest absolute Gasteiger partial charge is 0.226 e. The minimum absolute atomic E-state index is 0.0542. The first-order chi connectivity index (χ1) is 9.70. The second-order valence-electron chi connectivity index (χ2n) is 5.54. The number of piperidine rings is 1. The van der Waals surface area contributed by atoms with E-state index in [9.17, 15) is 4.79 Å². The fourth-order valence-corrected chi connectivity index (χ4v) is 2.78. The number of benzene rings is 1. The molecule has 1 heterocycles. The van der Waals surface area contributed by atoms with Crippen LogP contribution in [0, 0.1) is 5.41 Å². The van der Waals surface area contributed by atoms with Crippen molar-refractivity contribution >= 4 is 5.91 Å². The lowest BCUT2D eigenvalue weighted by molar-refractivity contribution is -0.133. The van der Waals surface area contributed by atoms with Crippen LogP contribution in [0.3, 0.4) is 0 Å². The molecule has 0 unspecified atom stereocenters. The fourth-order valence-electron chi connectivity index (χ4n) is 2.78. The van der Waals surface area contributed by atoms with E-state index >= 15 is 0 Å². The van der Waals surface area contributed by atoms with E-state index in [1.165, 1.54) is 0 Å². The molecule has 1 fully saturated rings. The van der Waals surface area contributed by atoms with Crippen molar-refractivity contribution in [3.05, 3.63) is 35.4 Å². The molecule has 1 saturated heterocycles. The Morgan fingerprint density at radius 2 is 1.85 bits per heavy atom. The van der Waals surface area contributed by atoms with E-state index in [0.717, 1.165) is 43.5 Å². The lowest BCUT2D eigenvalue weighted by Gasteiger charge is -2.35. The maximum absolute atomic E-state index is 12.5. The highest BCUT2D eigenvalue weighted by Crippen LogP contribution is 2.32. The molecule has 0 spiro atoms. The minimum atomic E-state index is -0.198. The van der Waals surface area contributed by atoms with Gasteiger partial charge in [-0.05, 0) is 43.5 Å². The molecule has 0 aliphatic carbocycles. The van der Waals surface area contributed by atoms with Gasteiger partial charge < -0.3 is 15.7 Å². The second-order valence-corrected chi connectivity index (χ2v) is 5.54. The summed E-state index contributed by atoms with van der Waals surface area (Å²) in [7, 11) is 0. The summed E-state index contributed by atoms with van der Waals surface area (Å²) in [5.74, 6) is 0.174. The van der Waals surface area contributed by atoms with Crippen molar-refractivity contribution < 1.29 is 9.90 Å². The van der Waals surface area contributed by atoms with Crippen molar-refractivity contribution in [3.8, 4) is 0 Å². The van der Waals surface area contributed by atoms with Crippen molar-refractivity contribution in [2.75, 3.05) is 13.1 Å². The average Bonchev–Trinajstić information content (AvgIpc) is 2.53. The quantitative estimate of drug-likeness (QED) is 0.765. The summed E-state index contributed by atoms with van der Waals surface area (Å²) in [6, 6.07) is 7.68. The molecule has 0 radical (unpaired) electrons. The standard InChI is InChI=1S/C16H24N2O2/c1-2-16(7-9-17-10-8-16)15(20)18-11-13-3-5-14(12-19)6-4-13/h3-6,17,19H,2,7-12H2,1H3,(H,18,20). The number of carbonyl (C=O) groups excluding carboxylic acids is 1. The van der Waals surface area contributed by atoms with Gasteiger partial charge in [0.05, 0.1) is 12.0 Å². The fraction of sp³-hybridized carbons (Fsp3) is 0.562. The molecular weight excluding hydrogens is 252 g/mol. The first-order valence-corrected chi connectivity index (χ1v) is 7.38. The van der Waals surface area contributed by atoms with Crippen LogP contribution in [0.5, 0.6) is 0 Å². The zero-order valence-electron chi connectivity index (χ0n) is 12.1. The first kappa shape index (κ1) is 15.0. The highest BCUT2D eigenvalue weighted by molar-refractivity contribution is 5.82. The molecular formula is C16H24N2O2. The summed E-state index contributed by atoms with van der Waals surface area (Å²) in [6.07, 6.45) is 2.72. The molecule has 20 heavy (non-hydrogen) atoms. The number of aliphatic hydroxyl groups excluding tert-OH is 1. The van der Waals surface area contributed by atoms with Crippen molar-refractivity contribution in [1.29, 1.82) is 0 Å². The third kappa shape index (κ3) is 3.38. The minimum Gasteiger partial charge on any atom is -0.392 e. The summed E-state index contributed by atoms with van der Waals surface area (Å²) in [5.41, 5.74) is 1.76. The molecule has 1 amide bonds. The zero-order chi connectivity index (χ0) is 14.4. The van der Waals surface area contributed by atoms with Crippen LogP contribution in [0.1, 0.15) is 37.3 Å². The van der Waals surface area contributed by atoms with Crippen molar-refractivity contribution in [3.63, 3.8) is 0 Å². The van der Waals surface area contributed by atoms with Crippen LogP contribution < -0.4 is 10.6 Å². The molecule has 1 aliphatic rings. The van der Waals surface area contributed by atoms with Gasteiger partial charge in [0, 0.05) is 6.54 Å². The van der Waals surface area contributed by atoms with Crippen molar-refractivity contribution in [1.82, 2.24) is 10.6 Å². The highest BCUT2D eigenvalue weighted by atomic mass is 16.3. The van der Waals surface area contributed by atoms with Gasteiger partial charge in [-0.1, -0.05) is 31.2 Å². The van der Waals surface area contributed by atoms with Crippen LogP contribution in [-0.2, 0) is 17.9 Å². The third-order valence-corrected chi connectivity index (χ3v) is 4.38. The average molecular weight is 276 g/mol. The van der Waals surface area contributed by atoms with Gasteiger partial charge in [-0.2, -0.15) is 0 Å². The number of aliphatic hydroxyl groups is 1. The van der Waals surface area contributed by atoms with Gasteiger partial charge in [-0.15, -0.1) is 0 Å². The Labute approximate surface area is 120 Å². The second kappa shape index (κ2) is 6.86. The summed E-state index contributed by atoms with van der Waals surface area (Å²) in [4.78, 5) is 12.5. The Morgan fingerprint density at radius 1 is 1.25 bits per heavy atom. The number of hydrogen-bond donors (Lipinski definition) is 3. The van der Waals surface area contributed by atoms with Gasteiger partial charge in [0.2, 0.25) is 5.91 Å². The zero-order valence-corrected chi connectivity index (χ0v) is 12.1. The van der Waals surface area contributed by atoms with Gasteiger partial charge in [0.15, 0.2) is 0 Å². The molecule has 0 atom stereocenters. The molecule has 4 heteroatoms. The maximum atomic E-state index is 12.5. The van der Waals surface area contributed by atoms with Gasteiger partial charge in [0.25, 0.3) is 0 Å². The maximum Gasteiger partial charge on any atom is 0.226 e. The summed E-state index contributed by atoms with van der Waals surface area (Å²) >= 11 is 0. The molecule has 110 valence electrons. The van der Waals surface area contributed by atoms with Crippen LogP contribution in [0.4, 0.5) is 0 Å². The first-order valence-electron chi connectivity index (χ1n) is 7.38. The molecule has 4 nitrogen and oxygen atoms in total. The highest BCUT2D eigenvalue weighted by Gasteiger charge is 2.37. The number of carbonyl (C=O) groups is 1. The van der Waals surface area contributed by atoms with Gasteiger partial charge in [-0.3, -0.25) is 4.79 Å². The Hall–Kier alpha value is -1.39. The number of rotatable bonds is 5. The van der Waals surface area contributed by atoms with Crippen LogP contribution in [0.2, 0.25) is 0 Å².